The Kier molecular flexibility index (Phi) is 5.74. The summed E-state index contributed by atoms with van der Waals surface area (Å²) in [6, 6.07) is 6.06. The van der Waals surface area contributed by atoms with Crippen molar-refractivity contribution in [3.05, 3.63) is 47.8 Å². The molecular formula is C19H22N4O5. The van der Waals surface area contributed by atoms with Gasteiger partial charge < -0.3 is 20.1 Å². The fraction of sp³-hybridized carbons (Fsp3) is 0.368. The predicted molar refractivity (Wildman–Crippen MR) is 100 cm³/mol. The van der Waals surface area contributed by atoms with E-state index in [4.69, 9.17) is 9.47 Å². The maximum absolute atomic E-state index is 13.3. The first-order chi connectivity index (χ1) is 13.5. The highest BCUT2D eigenvalue weighted by molar-refractivity contribution is 6.01. The number of amides is 1. The fourth-order valence-electron chi connectivity index (χ4n) is 3.34. The summed E-state index contributed by atoms with van der Waals surface area (Å²) in [5, 5.41) is 10.3. The molecule has 3 rings (SSSR count). The third-order valence-corrected chi connectivity index (χ3v) is 4.83. The first-order valence-electron chi connectivity index (χ1n) is 8.84. The molecule has 0 unspecified atom stereocenters. The van der Waals surface area contributed by atoms with Crippen molar-refractivity contribution in [3.63, 3.8) is 0 Å². The molecular weight excluding hydrogens is 364 g/mol. The molecule has 1 aromatic carbocycles. The van der Waals surface area contributed by atoms with Gasteiger partial charge in [-0.25, -0.2) is 9.59 Å². The molecule has 2 N–H and O–H groups in total. The molecule has 0 bridgehead atoms. The van der Waals surface area contributed by atoms with Crippen LogP contribution >= 0.6 is 0 Å². The maximum atomic E-state index is 13.3. The van der Waals surface area contributed by atoms with Crippen LogP contribution in [-0.4, -0.2) is 54.9 Å². The van der Waals surface area contributed by atoms with Gasteiger partial charge in [0.1, 0.15) is 5.54 Å². The van der Waals surface area contributed by atoms with Crippen LogP contribution in [0.4, 0.5) is 5.69 Å². The number of nitrogens with zero attached hydrogens (tertiary/aromatic N) is 2. The fourth-order valence-corrected chi connectivity index (χ4v) is 3.34. The molecule has 9 nitrogen and oxygen atoms in total. The largest absolute Gasteiger partial charge is 0.465 e. The molecule has 0 aliphatic carbocycles. The van der Waals surface area contributed by atoms with Gasteiger partial charge >= 0.3 is 11.9 Å². The zero-order valence-corrected chi connectivity index (χ0v) is 15.7. The van der Waals surface area contributed by atoms with E-state index in [1.807, 2.05) is 0 Å². The van der Waals surface area contributed by atoms with E-state index in [9.17, 15) is 14.4 Å². The van der Waals surface area contributed by atoms with Crippen LogP contribution in [0.15, 0.2) is 36.7 Å². The number of esters is 2. The van der Waals surface area contributed by atoms with Crippen molar-refractivity contribution >= 4 is 23.5 Å². The number of carbonyl (C=O) groups excluding carboxylic acids is 3. The summed E-state index contributed by atoms with van der Waals surface area (Å²) in [6.07, 6.45) is 4.50. The Morgan fingerprint density at radius 3 is 2.18 bits per heavy atom. The number of methoxy groups -OCH3 is 2. The molecule has 9 heteroatoms. The van der Waals surface area contributed by atoms with Crippen LogP contribution in [0.25, 0.3) is 0 Å². The number of ether oxygens (including phenoxy) is 2. The van der Waals surface area contributed by atoms with Crippen LogP contribution in [-0.2, 0) is 19.8 Å². The summed E-state index contributed by atoms with van der Waals surface area (Å²) < 4.78 is 11.1. The summed E-state index contributed by atoms with van der Waals surface area (Å²) >= 11 is 0. The topological polar surface area (TPSA) is 112 Å². The summed E-state index contributed by atoms with van der Waals surface area (Å²) in [5.41, 5.74) is -0.279. The van der Waals surface area contributed by atoms with Crippen LogP contribution in [0.1, 0.15) is 33.6 Å². The van der Waals surface area contributed by atoms with Crippen molar-refractivity contribution in [1.82, 2.24) is 15.1 Å². The van der Waals surface area contributed by atoms with Gasteiger partial charge in [-0.2, -0.15) is 5.10 Å². The second-order valence-corrected chi connectivity index (χ2v) is 6.47. The number of carbonyl (C=O) groups is 3. The quantitative estimate of drug-likeness (QED) is 0.742. The minimum atomic E-state index is -0.860. The number of anilines is 1. The lowest BCUT2D eigenvalue weighted by molar-refractivity contribution is -0.126. The van der Waals surface area contributed by atoms with E-state index in [1.54, 1.807) is 23.1 Å². The first-order valence-corrected chi connectivity index (χ1v) is 8.84. The zero-order chi connectivity index (χ0) is 20.1. The molecule has 1 fully saturated rings. The molecule has 0 radical (unpaired) electrons. The standard InChI is InChI=1S/C19H22N4O5/c1-27-16(24)13-10-14(17(25)28-2)12-15(11-13)22-18(26)19(4-7-20-8-5-19)23-9-3-6-21-23/h3,6,9-12,20H,4-5,7-8H2,1-2H3,(H,22,26). The van der Waals surface area contributed by atoms with Crippen molar-refractivity contribution in [1.29, 1.82) is 0 Å². The average Bonchev–Trinajstić information content (AvgIpc) is 3.28. The van der Waals surface area contributed by atoms with Gasteiger partial charge in [0, 0.05) is 18.1 Å². The predicted octanol–water partition coefficient (Wildman–Crippen LogP) is 1.17. The number of rotatable bonds is 5. The number of hydrogen-bond donors (Lipinski definition) is 2. The molecule has 0 atom stereocenters. The molecule has 0 saturated carbocycles. The molecule has 1 amide bonds. The van der Waals surface area contributed by atoms with Crippen molar-refractivity contribution < 1.29 is 23.9 Å². The Morgan fingerprint density at radius 1 is 1.07 bits per heavy atom. The van der Waals surface area contributed by atoms with Gasteiger partial charge in [-0.15, -0.1) is 0 Å². The Labute approximate surface area is 162 Å². The SMILES string of the molecule is COC(=O)c1cc(NC(=O)C2(n3cccn3)CCNCC2)cc(C(=O)OC)c1. The number of hydrogen-bond acceptors (Lipinski definition) is 7. The van der Waals surface area contributed by atoms with Gasteiger partial charge in [0.05, 0.1) is 25.3 Å². The molecule has 1 aromatic heterocycles. The summed E-state index contributed by atoms with van der Waals surface area (Å²) in [6.45, 7) is 1.34. The molecule has 148 valence electrons. The maximum Gasteiger partial charge on any atom is 0.337 e. The highest BCUT2D eigenvalue weighted by Crippen LogP contribution is 2.29. The Bertz CT molecular complexity index is 838. The van der Waals surface area contributed by atoms with E-state index in [0.29, 0.717) is 31.6 Å². The Morgan fingerprint density at radius 2 is 1.68 bits per heavy atom. The van der Waals surface area contributed by atoms with Gasteiger partial charge in [-0.05, 0) is 50.2 Å². The van der Waals surface area contributed by atoms with Crippen molar-refractivity contribution in [3.8, 4) is 0 Å². The lowest BCUT2D eigenvalue weighted by Crippen LogP contribution is -2.52. The minimum Gasteiger partial charge on any atom is -0.465 e. The summed E-state index contributed by atoms with van der Waals surface area (Å²) in [7, 11) is 2.49. The number of aromatic nitrogens is 2. The molecule has 1 aliphatic rings. The van der Waals surface area contributed by atoms with Gasteiger partial charge in [-0.3, -0.25) is 9.48 Å². The third kappa shape index (κ3) is 3.74. The lowest BCUT2D eigenvalue weighted by atomic mass is 9.87. The van der Waals surface area contributed by atoms with Gasteiger partial charge in [0.2, 0.25) is 0 Å². The summed E-state index contributed by atoms with van der Waals surface area (Å²) in [4.78, 5) is 37.2. The highest BCUT2D eigenvalue weighted by Gasteiger charge is 2.42. The van der Waals surface area contributed by atoms with Crippen LogP contribution in [0.3, 0.4) is 0 Å². The lowest BCUT2D eigenvalue weighted by Gasteiger charge is -2.36. The number of benzene rings is 1. The molecule has 0 spiro atoms. The molecule has 2 aromatic rings. The van der Waals surface area contributed by atoms with Crippen molar-refractivity contribution in [2.24, 2.45) is 0 Å². The normalized spacial score (nSPS) is 15.5. The highest BCUT2D eigenvalue weighted by atomic mass is 16.5. The second-order valence-electron chi connectivity index (χ2n) is 6.47. The van der Waals surface area contributed by atoms with Gasteiger partial charge in [-0.1, -0.05) is 0 Å². The van der Waals surface area contributed by atoms with E-state index in [1.165, 1.54) is 32.4 Å². The molecule has 1 saturated heterocycles. The van der Waals surface area contributed by atoms with Crippen molar-refractivity contribution in [2.75, 3.05) is 32.6 Å². The van der Waals surface area contributed by atoms with Crippen LogP contribution in [0.2, 0.25) is 0 Å². The molecule has 28 heavy (non-hydrogen) atoms. The van der Waals surface area contributed by atoms with E-state index in [0.717, 1.165) is 0 Å². The second kappa shape index (κ2) is 8.22. The Hall–Kier alpha value is -3.20. The van der Waals surface area contributed by atoms with Crippen LogP contribution < -0.4 is 10.6 Å². The third-order valence-electron chi connectivity index (χ3n) is 4.83. The Balaban J connectivity index is 1.95. The number of nitrogens with one attached hydrogen (secondary N) is 2. The molecule has 1 aliphatic heterocycles. The van der Waals surface area contributed by atoms with Crippen LogP contribution in [0.5, 0.6) is 0 Å². The van der Waals surface area contributed by atoms with Gasteiger partial charge in [0.25, 0.3) is 5.91 Å². The first kappa shape index (κ1) is 19.6. The van der Waals surface area contributed by atoms with Gasteiger partial charge in [0.15, 0.2) is 0 Å². The van der Waals surface area contributed by atoms with Crippen molar-refractivity contribution in [2.45, 2.75) is 18.4 Å². The minimum absolute atomic E-state index is 0.138. The number of piperidine rings is 1. The zero-order valence-electron chi connectivity index (χ0n) is 15.7. The van der Waals surface area contributed by atoms with E-state index >= 15 is 0 Å². The summed E-state index contributed by atoms with van der Waals surface area (Å²) in [5.74, 6) is -1.51. The van der Waals surface area contributed by atoms with Crippen LogP contribution in [0, 0.1) is 0 Å². The van der Waals surface area contributed by atoms with E-state index in [2.05, 4.69) is 15.7 Å². The van der Waals surface area contributed by atoms with E-state index < -0.39 is 17.5 Å². The molecule has 2 heterocycles. The average molecular weight is 386 g/mol. The van der Waals surface area contributed by atoms with E-state index in [-0.39, 0.29) is 17.0 Å². The monoisotopic (exact) mass is 386 g/mol. The smallest absolute Gasteiger partial charge is 0.337 e.